The molecule has 3 aromatic rings. The smallest absolute Gasteiger partial charge is 0.231 e. The number of hydrogen-bond donors (Lipinski definition) is 1. The van der Waals surface area contributed by atoms with E-state index in [1.54, 1.807) is 24.8 Å². The van der Waals surface area contributed by atoms with Crippen molar-refractivity contribution in [3.05, 3.63) is 36.5 Å². The molecule has 0 unspecified atom stereocenters. The van der Waals surface area contributed by atoms with Gasteiger partial charge in [-0.3, -0.25) is 4.79 Å². The van der Waals surface area contributed by atoms with Gasteiger partial charge in [0.15, 0.2) is 5.65 Å². The van der Waals surface area contributed by atoms with Gasteiger partial charge in [0, 0.05) is 17.5 Å². The molecule has 0 aliphatic heterocycles. The monoisotopic (exact) mass is 366 g/mol. The molecule has 1 aliphatic rings. The van der Waals surface area contributed by atoms with Crippen LogP contribution in [0.3, 0.4) is 0 Å². The zero-order valence-corrected chi connectivity index (χ0v) is 15.4. The third kappa shape index (κ3) is 3.45. The van der Waals surface area contributed by atoms with Crippen LogP contribution in [-0.2, 0) is 4.79 Å². The highest BCUT2D eigenvalue weighted by molar-refractivity contribution is 5.95. The lowest BCUT2D eigenvalue weighted by molar-refractivity contribution is -0.119. The first-order chi connectivity index (χ1) is 13.2. The van der Waals surface area contributed by atoms with Crippen LogP contribution >= 0.6 is 0 Å². The van der Waals surface area contributed by atoms with Gasteiger partial charge in [-0.1, -0.05) is 12.8 Å². The van der Waals surface area contributed by atoms with Gasteiger partial charge in [0.1, 0.15) is 5.75 Å². The average Bonchev–Trinajstić information content (AvgIpc) is 3.37. The predicted octanol–water partition coefficient (Wildman–Crippen LogP) is 3.54. The number of aromatic nitrogens is 3. The van der Waals surface area contributed by atoms with Gasteiger partial charge in [-0.05, 0) is 37.1 Å². The zero-order chi connectivity index (χ0) is 18.8. The Morgan fingerprint density at radius 2 is 1.96 bits per heavy atom. The number of methoxy groups -OCH3 is 2. The summed E-state index contributed by atoms with van der Waals surface area (Å²) in [6, 6.07) is 9.28. The van der Waals surface area contributed by atoms with E-state index < -0.39 is 0 Å². The van der Waals surface area contributed by atoms with Crippen molar-refractivity contribution in [3.8, 4) is 22.9 Å². The highest BCUT2D eigenvalue weighted by Gasteiger charge is 2.23. The summed E-state index contributed by atoms with van der Waals surface area (Å²) in [6.07, 6.45) is 5.98. The molecule has 1 N–H and O–H groups in total. The number of imidazole rings is 1. The van der Waals surface area contributed by atoms with Crippen molar-refractivity contribution in [1.29, 1.82) is 0 Å². The van der Waals surface area contributed by atoms with Crippen LogP contribution in [0, 0.1) is 5.92 Å². The van der Waals surface area contributed by atoms with Gasteiger partial charge < -0.3 is 14.8 Å². The van der Waals surface area contributed by atoms with Crippen molar-refractivity contribution in [2.75, 3.05) is 19.5 Å². The lowest BCUT2D eigenvalue weighted by Gasteiger charge is -2.14. The maximum Gasteiger partial charge on any atom is 0.231 e. The number of amides is 1. The fourth-order valence-corrected chi connectivity index (χ4v) is 3.50. The highest BCUT2D eigenvalue weighted by atomic mass is 16.5. The fourth-order valence-electron chi connectivity index (χ4n) is 3.50. The zero-order valence-electron chi connectivity index (χ0n) is 15.4. The molecular formula is C20H22N4O3. The second-order valence-electron chi connectivity index (χ2n) is 6.69. The van der Waals surface area contributed by atoms with Crippen LogP contribution in [0.25, 0.3) is 16.9 Å². The molecule has 0 saturated heterocycles. The average molecular weight is 366 g/mol. The summed E-state index contributed by atoms with van der Waals surface area (Å²) < 4.78 is 12.3. The maximum atomic E-state index is 12.5. The molecule has 1 saturated carbocycles. The Morgan fingerprint density at radius 1 is 1.15 bits per heavy atom. The molecule has 2 heterocycles. The molecule has 1 aliphatic carbocycles. The Balaban J connectivity index is 1.66. The number of nitrogens with one attached hydrogen (secondary N) is 1. The maximum absolute atomic E-state index is 12.5. The summed E-state index contributed by atoms with van der Waals surface area (Å²) in [5.41, 5.74) is 3.02. The molecule has 1 amide bonds. The van der Waals surface area contributed by atoms with Gasteiger partial charge in [-0.15, -0.1) is 5.10 Å². The molecule has 4 rings (SSSR count). The highest BCUT2D eigenvalue weighted by Crippen LogP contribution is 2.32. The molecule has 0 atom stereocenters. The van der Waals surface area contributed by atoms with E-state index in [1.165, 1.54) is 0 Å². The van der Waals surface area contributed by atoms with Crippen LogP contribution in [0.5, 0.6) is 11.6 Å². The Morgan fingerprint density at radius 3 is 2.70 bits per heavy atom. The molecule has 7 heteroatoms. The van der Waals surface area contributed by atoms with E-state index in [2.05, 4.69) is 15.4 Å². The molecular weight excluding hydrogens is 344 g/mol. The lowest BCUT2D eigenvalue weighted by Crippen LogP contribution is -2.20. The topological polar surface area (TPSA) is 77.8 Å². The minimum atomic E-state index is 0.0596. The number of anilines is 1. The van der Waals surface area contributed by atoms with Crippen molar-refractivity contribution < 1.29 is 14.3 Å². The number of fused-ring (bicyclic) bond motifs is 1. The molecule has 27 heavy (non-hydrogen) atoms. The number of ether oxygens (including phenoxy) is 2. The van der Waals surface area contributed by atoms with E-state index in [0.29, 0.717) is 17.3 Å². The molecule has 1 fully saturated rings. The van der Waals surface area contributed by atoms with Crippen LogP contribution in [0.2, 0.25) is 0 Å². The second-order valence-corrected chi connectivity index (χ2v) is 6.69. The summed E-state index contributed by atoms with van der Waals surface area (Å²) in [5, 5.41) is 7.37. The minimum absolute atomic E-state index is 0.0596. The van der Waals surface area contributed by atoms with Gasteiger partial charge >= 0.3 is 0 Å². The second kappa shape index (κ2) is 7.26. The standard InChI is InChI=1S/C20H22N4O3/c1-26-17-8-7-14(11-15(17)22-20(25)13-5-3-4-6-13)16-12-24-18(21-16)9-10-19(23-24)27-2/h7-13H,3-6H2,1-2H3,(H,22,25). The van der Waals surface area contributed by atoms with E-state index in [-0.39, 0.29) is 11.8 Å². The van der Waals surface area contributed by atoms with Gasteiger partial charge in [0.25, 0.3) is 0 Å². The Kier molecular flexibility index (Phi) is 4.66. The SMILES string of the molecule is COc1ccc2nc(-c3ccc(OC)c(NC(=O)C4CCCC4)c3)cn2n1. The largest absolute Gasteiger partial charge is 0.495 e. The summed E-state index contributed by atoms with van der Waals surface area (Å²) in [5.74, 6) is 1.30. The Bertz CT molecular complexity index is 977. The summed E-state index contributed by atoms with van der Waals surface area (Å²) in [7, 11) is 3.18. The van der Waals surface area contributed by atoms with Crippen molar-refractivity contribution in [1.82, 2.24) is 14.6 Å². The molecule has 140 valence electrons. The lowest BCUT2D eigenvalue weighted by atomic mass is 10.1. The van der Waals surface area contributed by atoms with E-state index in [4.69, 9.17) is 9.47 Å². The number of benzene rings is 1. The number of rotatable bonds is 5. The number of nitrogens with zero attached hydrogens (tertiary/aromatic N) is 3. The number of carbonyl (C=O) groups excluding carboxylic acids is 1. The van der Waals surface area contributed by atoms with Gasteiger partial charge in [-0.25, -0.2) is 9.50 Å². The summed E-state index contributed by atoms with van der Waals surface area (Å²) in [6.45, 7) is 0. The van der Waals surface area contributed by atoms with Crippen molar-refractivity contribution in [2.45, 2.75) is 25.7 Å². The first-order valence-corrected chi connectivity index (χ1v) is 9.07. The number of hydrogen-bond acceptors (Lipinski definition) is 5. The van der Waals surface area contributed by atoms with E-state index in [0.717, 1.165) is 42.6 Å². The quantitative estimate of drug-likeness (QED) is 0.747. The van der Waals surface area contributed by atoms with Gasteiger partial charge in [0.05, 0.1) is 31.8 Å². The summed E-state index contributed by atoms with van der Waals surface area (Å²) >= 11 is 0. The van der Waals surface area contributed by atoms with Crippen LogP contribution in [-0.4, -0.2) is 34.7 Å². The fraction of sp³-hybridized carbons (Fsp3) is 0.350. The first-order valence-electron chi connectivity index (χ1n) is 9.07. The van der Waals surface area contributed by atoms with Crippen LogP contribution in [0.1, 0.15) is 25.7 Å². The third-order valence-electron chi connectivity index (χ3n) is 4.98. The molecule has 1 aromatic carbocycles. The van der Waals surface area contributed by atoms with E-state index in [1.807, 2.05) is 30.5 Å². The first kappa shape index (κ1) is 17.3. The number of carbonyl (C=O) groups is 1. The van der Waals surface area contributed by atoms with E-state index in [9.17, 15) is 4.79 Å². The van der Waals surface area contributed by atoms with Crippen LogP contribution in [0.4, 0.5) is 5.69 Å². The molecule has 0 radical (unpaired) electrons. The predicted molar refractivity (Wildman–Crippen MR) is 102 cm³/mol. The molecule has 0 spiro atoms. The van der Waals surface area contributed by atoms with Crippen molar-refractivity contribution in [3.63, 3.8) is 0 Å². The normalized spacial score (nSPS) is 14.4. The van der Waals surface area contributed by atoms with Gasteiger partial charge in [0.2, 0.25) is 11.8 Å². The Hall–Kier alpha value is -3.09. The van der Waals surface area contributed by atoms with E-state index >= 15 is 0 Å². The Labute approximate surface area is 157 Å². The summed E-state index contributed by atoms with van der Waals surface area (Å²) in [4.78, 5) is 17.1. The van der Waals surface area contributed by atoms with Crippen molar-refractivity contribution in [2.24, 2.45) is 5.92 Å². The molecule has 2 aromatic heterocycles. The van der Waals surface area contributed by atoms with Crippen LogP contribution < -0.4 is 14.8 Å². The molecule has 0 bridgehead atoms. The van der Waals surface area contributed by atoms with Gasteiger partial charge in [-0.2, -0.15) is 0 Å². The minimum Gasteiger partial charge on any atom is -0.495 e. The molecule has 7 nitrogen and oxygen atoms in total. The van der Waals surface area contributed by atoms with Crippen molar-refractivity contribution >= 4 is 17.2 Å². The van der Waals surface area contributed by atoms with Crippen LogP contribution in [0.15, 0.2) is 36.5 Å². The third-order valence-corrected chi connectivity index (χ3v) is 4.98.